The van der Waals surface area contributed by atoms with Crippen LogP contribution in [0.1, 0.15) is 0 Å². The standard InChI is InChI=1S/C5H9N3O4S3/c1-14(9,10)8-3-2-13-5(6)4(3)15(7,11)12/h2,8H,6H2,1H3,(H2,7,11,12). The molecule has 0 aliphatic carbocycles. The summed E-state index contributed by atoms with van der Waals surface area (Å²) in [6.07, 6.45) is 0.897. The zero-order valence-electron chi connectivity index (χ0n) is 7.59. The summed E-state index contributed by atoms with van der Waals surface area (Å²) in [7, 11) is -7.60. The van der Waals surface area contributed by atoms with Gasteiger partial charge in [0, 0.05) is 5.38 Å². The minimum absolute atomic E-state index is 0.0522. The summed E-state index contributed by atoms with van der Waals surface area (Å²) in [5, 5.41) is 6.11. The highest BCUT2D eigenvalue weighted by atomic mass is 32.2. The molecule has 5 N–H and O–H groups in total. The SMILES string of the molecule is CS(=O)(=O)Nc1csc(N)c1S(N)(=O)=O. The van der Waals surface area contributed by atoms with Crippen LogP contribution in [0.3, 0.4) is 0 Å². The van der Waals surface area contributed by atoms with Crippen molar-refractivity contribution in [2.75, 3.05) is 16.7 Å². The Hall–Kier alpha value is -0.840. The van der Waals surface area contributed by atoms with Crippen LogP contribution in [0.5, 0.6) is 0 Å². The van der Waals surface area contributed by atoms with Crippen molar-refractivity contribution in [3.8, 4) is 0 Å². The number of anilines is 2. The molecule has 1 rings (SSSR count). The molecule has 0 radical (unpaired) electrons. The van der Waals surface area contributed by atoms with Crippen molar-refractivity contribution < 1.29 is 16.8 Å². The van der Waals surface area contributed by atoms with Gasteiger partial charge in [-0.25, -0.2) is 22.0 Å². The fourth-order valence-electron chi connectivity index (χ4n) is 0.926. The van der Waals surface area contributed by atoms with E-state index >= 15 is 0 Å². The highest BCUT2D eigenvalue weighted by molar-refractivity contribution is 7.92. The number of hydrogen-bond acceptors (Lipinski definition) is 6. The maximum absolute atomic E-state index is 11.1. The molecule has 0 atom stereocenters. The van der Waals surface area contributed by atoms with Crippen LogP contribution in [-0.4, -0.2) is 23.1 Å². The number of nitrogens with two attached hydrogens (primary N) is 2. The molecule has 0 aliphatic rings. The summed E-state index contributed by atoms with van der Waals surface area (Å²) in [4.78, 5) is -0.391. The largest absolute Gasteiger partial charge is 0.389 e. The lowest BCUT2D eigenvalue weighted by Crippen LogP contribution is -2.17. The minimum atomic E-state index is -4.03. The molecule has 0 saturated heterocycles. The van der Waals surface area contributed by atoms with E-state index in [9.17, 15) is 16.8 Å². The number of nitrogens with one attached hydrogen (secondary N) is 1. The van der Waals surface area contributed by atoms with Crippen molar-refractivity contribution in [3.63, 3.8) is 0 Å². The maximum Gasteiger partial charge on any atom is 0.243 e. The Labute approximate surface area is 91.2 Å². The minimum Gasteiger partial charge on any atom is -0.389 e. The molecule has 1 aromatic heterocycles. The first-order valence-corrected chi connectivity index (χ1v) is 7.80. The van der Waals surface area contributed by atoms with Crippen LogP contribution in [0.15, 0.2) is 10.3 Å². The molecule has 0 unspecified atom stereocenters. The molecule has 0 aliphatic heterocycles. The predicted molar refractivity (Wildman–Crippen MR) is 58.6 cm³/mol. The molecule has 0 bridgehead atoms. The van der Waals surface area contributed by atoms with Gasteiger partial charge in [0.1, 0.15) is 9.90 Å². The van der Waals surface area contributed by atoms with E-state index < -0.39 is 24.9 Å². The molecular weight excluding hydrogens is 262 g/mol. The second-order valence-electron chi connectivity index (χ2n) is 2.76. The van der Waals surface area contributed by atoms with Crippen molar-refractivity contribution in [2.24, 2.45) is 5.14 Å². The van der Waals surface area contributed by atoms with Crippen LogP contribution in [0.2, 0.25) is 0 Å². The summed E-state index contributed by atoms with van der Waals surface area (Å²) in [6.45, 7) is 0. The Bertz CT molecular complexity index is 571. The molecule has 7 nitrogen and oxygen atoms in total. The van der Waals surface area contributed by atoms with Crippen molar-refractivity contribution in [1.82, 2.24) is 0 Å². The molecule has 1 heterocycles. The van der Waals surface area contributed by atoms with Gasteiger partial charge in [0.25, 0.3) is 0 Å². The third-order valence-corrected chi connectivity index (χ3v) is 3.89. The highest BCUT2D eigenvalue weighted by Crippen LogP contribution is 2.33. The molecule has 0 spiro atoms. The fourth-order valence-corrected chi connectivity index (χ4v) is 3.53. The van der Waals surface area contributed by atoms with E-state index in [1.807, 2.05) is 4.72 Å². The summed E-state index contributed by atoms with van der Waals surface area (Å²) < 4.78 is 46.0. The normalized spacial score (nSPS) is 12.7. The van der Waals surface area contributed by atoms with Gasteiger partial charge in [-0.2, -0.15) is 0 Å². The first-order valence-electron chi connectivity index (χ1n) is 3.49. The van der Waals surface area contributed by atoms with E-state index in [0.29, 0.717) is 0 Å². The van der Waals surface area contributed by atoms with Gasteiger partial charge in [-0.3, -0.25) is 4.72 Å². The molecule has 0 saturated carbocycles. The lowest BCUT2D eigenvalue weighted by molar-refractivity contribution is 0.599. The third-order valence-electron chi connectivity index (χ3n) is 1.35. The van der Waals surface area contributed by atoms with Gasteiger partial charge >= 0.3 is 0 Å². The number of thiophene rings is 1. The number of sulfonamides is 2. The smallest absolute Gasteiger partial charge is 0.243 e. The van der Waals surface area contributed by atoms with E-state index in [1.54, 1.807) is 0 Å². The number of hydrogen-bond donors (Lipinski definition) is 3. The fraction of sp³-hybridized carbons (Fsp3) is 0.200. The third kappa shape index (κ3) is 3.06. The number of rotatable bonds is 3. The van der Waals surface area contributed by atoms with Crippen molar-refractivity contribution in [2.45, 2.75) is 4.90 Å². The van der Waals surface area contributed by atoms with Gasteiger partial charge < -0.3 is 5.73 Å². The first kappa shape index (κ1) is 12.2. The van der Waals surface area contributed by atoms with E-state index in [-0.39, 0.29) is 10.7 Å². The van der Waals surface area contributed by atoms with Crippen LogP contribution in [0.25, 0.3) is 0 Å². The monoisotopic (exact) mass is 271 g/mol. The maximum atomic E-state index is 11.1. The molecule has 10 heteroatoms. The Morgan fingerprint density at radius 1 is 1.33 bits per heavy atom. The molecule has 0 amide bonds. The van der Waals surface area contributed by atoms with Gasteiger partial charge in [0.15, 0.2) is 0 Å². The zero-order valence-corrected chi connectivity index (χ0v) is 10.0. The van der Waals surface area contributed by atoms with Crippen LogP contribution in [-0.2, 0) is 20.0 Å². The van der Waals surface area contributed by atoms with Crippen LogP contribution < -0.4 is 15.6 Å². The lowest BCUT2D eigenvalue weighted by Gasteiger charge is -2.04. The van der Waals surface area contributed by atoms with E-state index in [2.05, 4.69) is 0 Å². The molecule has 1 aromatic rings. The Kier molecular flexibility index (Phi) is 2.96. The summed E-state index contributed by atoms with van der Waals surface area (Å²) in [5.41, 5.74) is 5.25. The van der Waals surface area contributed by atoms with Crippen LogP contribution in [0.4, 0.5) is 10.7 Å². The second-order valence-corrected chi connectivity index (χ2v) is 6.92. The van der Waals surface area contributed by atoms with Crippen molar-refractivity contribution in [3.05, 3.63) is 5.38 Å². The van der Waals surface area contributed by atoms with E-state index in [0.717, 1.165) is 17.6 Å². The van der Waals surface area contributed by atoms with Gasteiger partial charge in [-0.05, 0) is 0 Å². The lowest BCUT2D eigenvalue weighted by atomic mass is 10.5. The quantitative estimate of drug-likeness (QED) is 0.672. The van der Waals surface area contributed by atoms with Gasteiger partial charge in [-0.1, -0.05) is 0 Å². The van der Waals surface area contributed by atoms with Gasteiger partial charge in [0.2, 0.25) is 20.0 Å². The van der Waals surface area contributed by atoms with Crippen molar-refractivity contribution >= 4 is 42.1 Å². The number of nitrogen functional groups attached to an aromatic ring is 1. The predicted octanol–water partition coefficient (Wildman–Crippen LogP) is -0.651. The summed E-state index contributed by atoms with van der Waals surface area (Å²) in [6, 6.07) is 0. The van der Waals surface area contributed by atoms with Gasteiger partial charge in [-0.15, -0.1) is 11.3 Å². The molecule has 0 fully saturated rings. The Balaban J connectivity index is 3.35. The molecular formula is C5H9N3O4S3. The van der Waals surface area contributed by atoms with E-state index in [4.69, 9.17) is 10.9 Å². The number of primary sulfonamides is 1. The molecule has 86 valence electrons. The average Bonchev–Trinajstić information content (AvgIpc) is 2.25. The first-order chi connectivity index (χ1) is 6.61. The Morgan fingerprint density at radius 2 is 1.87 bits per heavy atom. The topological polar surface area (TPSA) is 132 Å². The second kappa shape index (κ2) is 3.63. The van der Waals surface area contributed by atoms with Gasteiger partial charge in [0.05, 0.1) is 11.9 Å². The average molecular weight is 271 g/mol. The molecule has 0 aromatic carbocycles. The van der Waals surface area contributed by atoms with Crippen LogP contribution >= 0.6 is 11.3 Å². The summed E-state index contributed by atoms with van der Waals surface area (Å²) in [5.74, 6) is 0. The van der Waals surface area contributed by atoms with Crippen molar-refractivity contribution in [1.29, 1.82) is 0 Å². The van der Waals surface area contributed by atoms with Crippen LogP contribution in [0, 0.1) is 0 Å². The highest BCUT2D eigenvalue weighted by Gasteiger charge is 2.21. The zero-order chi connectivity index (χ0) is 11.9. The molecule has 15 heavy (non-hydrogen) atoms. The Morgan fingerprint density at radius 3 is 2.27 bits per heavy atom. The summed E-state index contributed by atoms with van der Waals surface area (Å²) >= 11 is 0.890. The van der Waals surface area contributed by atoms with E-state index in [1.165, 1.54) is 5.38 Å².